The molecule has 2 aromatic rings. The van der Waals surface area contributed by atoms with Crippen LogP contribution in [0.15, 0.2) is 42.5 Å². The van der Waals surface area contributed by atoms with Crippen molar-refractivity contribution >= 4 is 16.7 Å². The third-order valence-corrected chi connectivity index (χ3v) is 3.71. The van der Waals surface area contributed by atoms with Crippen molar-refractivity contribution < 1.29 is 14.3 Å². The highest BCUT2D eigenvalue weighted by molar-refractivity contribution is 5.90. The molecule has 0 atom stereocenters. The van der Waals surface area contributed by atoms with E-state index in [0.29, 0.717) is 12.2 Å². The summed E-state index contributed by atoms with van der Waals surface area (Å²) < 4.78 is 10.8. The molecule has 0 N–H and O–H groups in total. The summed E-state index contributed by atoms with van der Waals surface area (Å²) in [5, 5.41) is 2.05. The lowest BCUT2D eigenvalue weighted by Crippen LogP contribution is -2.37. The van der Waals surface area contributed by atoms with Crippen LogP contribution in [0.2, 0.25) is 0 Å². The van der Waals surface area contributed by atoms with Gasteiger partial charge in [0.2, 0.25) is 0 Å². The Balaban J connectivity index is 1.61. The van der Waals surface area contributed by atoms with Crippen LogP contribution in [0.5, 0.6) is 5.75 Å². The fourth-order valence-electron chi connectivity index (χ4n) is 2.53. The first-order valence-electron chi connectivity index (χ1n) is 7.31. The van der Waals surface area contributed by atoms with Crippen LogP contribution < -0.4 is 4.74 Å². The molecule has 0 aromatic heterocycles. The number of carbonyl (C=O) groups is 1. The summed E-state index contributed by atoms with van der Waals surface area (Å²) in [6, 6.07) is 13.7. The number of benzene rings is 2. The lowest BCUT2D eigenvalue weighted by atomic mass is 10.1. The summed E-state index contributed by atoms with van der Waals surface area (Å²) in [5.74, 6) is 0.456. The van der Waals surface area contributed by atoms with Crippen molar-refractivity contribution in [3.05, 3.63) is 42.5 Å². The van der Waals surface area contributed by atoms with Gasteiger partial charge in [-0.15, -0.1) is 0 Å². The maximum Gasteiger partial charge on any atom is 0.312 e. The maximum absolute atomic E-state index is 12.0. The number of esters is 1. The quantitative estimate of drug-likeness (QED) is 0.639. The zero-order valence-corrected chi connectivity index (χ0v) is 12.0. The molecule has 1 heterocycles. The van der Waals surface area contributed by atoms with Gasteiger partial charge in [-0.05, 0) is 11.5 Å². The number of morpholine rings is 1. The van der Waals surface area contributed by atoms with Gasteiger partial charge >= 0.3 is 5.97 Å². The van der Waals surface area contributed by atoms with Crippen LogP contribution in [-0.4, -0.2) is 43.7 Å². The van der Waals surface area contributed by atoms with Crippen LogP contribution in [-0.2, 0) is 9.53 Å². The minimum atomic E-state index is -0.183. The van der Waals surface area contributed by atoms with E-state index in [2.05, 4.69) is 4.90 Å². The van der Waals surface area contributed by atoms with Gasteiger partial charge in [-0.1, -0.05) is 36.4 Å². The van der Waals surface area contributed by atoms with Gasteiger partial charge in [0.1, 0.15) is 5.75 Å². The first kappa shape index (κ1) is 14.0. The Morgan fingerprint density at radius 3 is 2.71 bits per heavy atom. The predicted octanol–water partition coefficient (Wildman–Crippen LogP) is 2.47. The third-order valence-electron chi connectivity index (χ3n) is 3.71. The molecule has 4 heteroatoms. The molecule has 0 unspecified atom stereocenters. The molecule has 0 bridgehead atoms. The summed E-state index contributed by atoms with van der Waals surface area (Å²) in [6.07, 6.45) is 0.406. The number of ether oxygens (including phenoxy) is 2. The molecule has 110 valence electrons. The molecule has 3 rings (SSSR count). The van der Waals surface area contributed by atoms with Gasteiger partial charge in [0.25, 0.3) is 0 Å². The normalized spacial score (nSPS) is 16.0. The van der Waals surface area contributed by atoms with Crippen LogP contribution in [0, 0.1) is 0 Å². The van der Waals surface area contributed by atoms with Crippen molar-refractivity contribution in [1.29, 1.82) is 0 Å². The summed E-state index contributed by atoms with van der Waals surface area (Å²) in [4.78, 5) is 14.2. The van der Waals surface area contributed by atoms with Crippen LogP contribution in [0.3, 0.4) is 0 Å². The molecule has 21 heavy (non-hydrogen) atoms. The minimum Gasteiger partial charge on any atom is -0.426 e. The first-order valence-corrected chi connectivity index (χ1v) is 7.31. The Morgan fingerprint density at radius 2 is 1.86 bits per heavy atom. The average molecular weight is 285 g/mol. The second kappa shape index (κ2) is 6.70. The zero-order valence-electron chi connectivity index (χ0n) is 12.0. The monoisotopic (exact) mass is 285 g/mol. The number of fused-ring (bicyclic) bond motifs is 1. The van der Waals surface area contributed by atoms with E-state index in [0.717, 1.165) is 43.6 Å². The summed E-state index contributed by atoms with van der Waals surface area (Å²) >= 11 is 0. The molecule has 0 saturated carbocycles. The number of nitrogens with zero attached hydrogens (tertiary/aromatic N) is 1. The Bertz CT molecular complexity index is 615. The van der Waals surface area contributed by atoms with Crippen molar-refractivity contribution in [3.8, 4) is 5.75 Å². The standard InChI is InChI=1S/C17H19NO3/c19-17(8-9-18-10-12-20-13-11-18)21-16-7-3-5-14-4-1-2-6-15(14)16/h1-7H,8-13H2. The Morgan fingerprint density at radius 1 is 1.10 bits per heavy atom. The van der Waals surface area contributed by atoms with Gasteiger partial charge in [-0.2, -0.15) is 0 Å². The highest BCUT2D eigenvalue weighted by Crippen LogP contribution is 2.25. The van der Waals surface area contributed by atoms with Crippen LogP contribution >= 0.6 is 0 Å². The van der Waals surface area contributed by atoms with Crippen molar-refractivity contribution in [2.45, 2.75) is 6.42 Å². The van der Waals surface area contributed by atoms with Crippen molar-refractivity contribution in [1.82, 2.24) is 4.90 Å². The highest BCUT2D eigenvalue weighted by atomic mass is 16.5. The zero-order chi connectivity index (χ0) is 14.5. The van der Waals surface area contributed by atoms with E-state index in [1.54, 1.807) is 0 Å². The van der Waals surface area contributed by atoms with E-state index in [-0.39, 0.29) is 5.97 Å². The predicted molar refractivity (Wildman–Crippen MR) is 81.5 cm³/mol. The van der Waals surface area contributed by atoms with E-state index in [4.69, 9.17) is 9.47 Å². The average Bonchev–Trinajstić information content (AvgIpc) is 2.54. The fourth-order valence-corrected chi connectivity index (χ4v) is 2.53. The second-order valence-corrected chi connectivity index (χ2v) is 5.16. The lowest BCUT2D eigenvalue weighted by molar-refractivity contribution is -0.134. The van der Waals surface area contributed by atoms with Gasteiger partial charge in [-0.25, -0.2) is 0 Å². The first-order chi connectivity index (χ1) is 10.3. The number of hydrogen-bond donors (Lipinski definition) is 0. The van der Waals surface area contributed by atoms with E-state index in [1.165, 1.54) is 0 Å². The van der Waals surface area contributed by atoms with Gasteiger partial charge in [-0.3, -0.25) is 9.69 Å². The van der Waals surface area contributed by atoms with Crippen LogP contribution in [0.25, 0.3) is 10.8 Å². The van der Waals surface area contributed by atoms with Crippen molar-refractivity contribution in [2.75, 3.05) is 32.8 Å². The van der Waals surface area contributed by atoms with E-state index < -0.39 is 0 Å². The summed E-state index contributed by atoms with van der Waals surface area (Å²) in [5.41, 5.74) is 0. The van der Waals surface area contributed by atoms with Crippen LogP contribution in [0.1, 0.15) is 6.42 Å². The fraction of sp³-hybridized carbons (Fsp3) is 0.353. The summed E-state index contributed by atoms with van der Waals surface area (Å²) in [7, 11) is 0. The molecule has 0 spiro atoms. The molecule has 1 aliphatic rings. The van der Waals surface area contributed by atoms with E-state index >= 15 is 0 Å². The molecule has 0 radical (unpaired) electrons. The second-order valence-electron chi connectivity index (χ2n) is 5.16. The number of carbonyl (C=O) groups excluding carboxylic acids is 1. The Labute approximate surface area is 124 Å². The Hall–Kier alpha value is -1.91. The Kier molecular flexibility index (Phi) is 4.48. The third kappa shape index (κ3) is 3.60. The molecule has 1 saturated heterocycles. The molecule has 1 fully saturated rings. The number of rotatable bonds is 4. The number of hydrogen-bond acceptors (Lipinski definition) is 4. The molecular formula is C17H19NO3. The van der Waals surface area contributed by atoms with E-state index in [1.807, 2.05) is 42.5 Å². The van der Waals surface area contributed by atoms with Gasteiger partial charge in [0, 0.05) is 25.0 Å². The van der Waals surface area contributed by atoms with Gasteiger partial charge in [0.05, 0.1) is 19.6 Å². The van der Waals surface area contributed by atoms with Gasteiger partial charge in [0.15, 0.2) is 0 Å². The topological polar surface area (TPSA) is 38.8 Å². The van der Waals surface area contributed by atoms with Gasteiger partial charge < -0.3 is 9.47 Å². The van der Waals surface area contributed by atoms with Crippen molar-refractivity contribution in [2.24, 2.45) is 0 Å². The SMILES string of the molecule is O=C(CCN1CCOCC1)Oc1cccc2ccccc12. The van der Waals surface area contributed by atoms with E-state index in [9.17, 15) is 4.79 Å². The molecule has 2 aromatic carbocycles. The maximum atomic E-state index is 12.0. The van der Waals surface area contributed by atoms with Crippen molar-refractivity contribution in [3.63, 3.8) is 0 Å². The lowest BCUT2D eigenvalue weighted by Gasteiger charge is -2.25. The smallest absolute Gasteiger partial charge is 0.312 e. The molecule has 0 aliphatic carbocycles. The minimum absolute atomic E-state index is 0.183. The molecular weight excluding hydrogens is 266 g/mol. The molecule has 1 aliphatic heterocycles. The van der Waals surface area contributed by atoms with Crippen LogP contribution in [0.4, 0.5) is 0 Å². The highest BCUT2D eigenvalue weighted by Gasteiger charge is 2.13. The molecule has 0 amide bonds. The summed E-state index contributed by atoms with van der Waals surface area (Å²) in [6.45, 7) is 4.01. The molecule has 4 nitrogen and oxygen atoms in total. The largest absolute Gasteiger partial charge is 0.426 e.